The number of carboxylic acids is 1. The predicted molar refractivity (Wildman–Crippen MR) is 74.6 cm³/mol. The van der Waals surface area contributed by atoms with E-state index in [1.54, 1.807) is 18.2 Å². The van der Waals surface area contributed by atoms with Crippen molar-refractivity contribution in [2.75, 3.05) is 0 Å². The van der Waals surface area contributed by atoms with E-state index in [1.807, 2.05) is 12.1 Å². The maximum absolute atomic E-state index is 12.6. The van der Waals surface area contributed by atoms with E-state index in [4.69, 9.17) is 14.9 Å². The smallest absolute Gasteiger partial charge is 0.389 e. The molecule has 1 aliphatic heterocycles. The van der Waals surface area contributed by atoms with E-state index < -0.39 is 12.1 Å². The SMILES string of the molecule is O=C1c2ccccc2COc2ccc(C([OH2+])C(=O)O)cc21. The Kier molecular flexibility index (Phi) is 3.19. The number of rotatable bonds is 2. The minimum absolute atomic E-state index is 0.211. The maximum Gasteiger partial charge on any atom is 0.389 e. The third-order valence-corrected chi connectivity index (χ3v) is 3.47. The molecule has 1 aliphatic rings. The average molecular weight is 285 g/mol. The van der Waals surface area contributed by atoms with E-state index >= 15 is 0 Å². The molecular weight excluding hydrogens is 272 g/mol. The molecule has 5 heteroatoms. The molecule has 0 aromatic heterocycles. The van der Waals surface area contributed by atoms with E-state index in [9.17, 15) is 9.59 Å². The van der Waals surface area contributed by atoms with Gasteiger partial charge in [-0.15, -0.1) is 0 Å². The molecule has 5 nitrogen and oxygen atoms in total. The summed E-state index contributed by atoms with van der Waals surface area (Å²) in [5, 5.41) is 16.5. The number of ether oxygens (including phenoxy) is 1. The number of benzene rings is 2. The van der Waals surface area contributed by atoms with Crippen molar-refractivity contribution in [3.63, 3.8) is 0 Å². The third kappa shape index (κ3) is 2.28. The van der Waals surface area contributed by atoms with Gasteiger partial charge in [-0.05, 0) is 18.2 Å². The largest absolute Gasteiger partial charge is 0.488 e. The molecule has 106 valence electrons. The van der Waals surface area contributed by atoms with E-state index in [-0.39, 0.29) is 18.0 Å². The first-order valence-corrected chi connectivity index (χ1v) is 6.41. The highest BCUT2D eigenvalue weighted by atomic mass is 16.5. The number of carbonyl (C=O) groups excluding carboxylic acids is 1. The van der Waals surface area contributed by atoms with E-state index in [0.717, 1.165) is 5.56 Å². The van der Waals surface area contributed by atoms with E-state index in [0.29, 0.717) is 16.9 Å². The Morgan fingerprint density at radius 2 is 1.95 bits per heavy atom. The van der Waals surface area contributed by atoms with Crippen molar-refractivity contribution in [2.24, 2.45) is 0 Å². The van der Waals surface area contributed by atoms with Crippen LogP contribution in [0.3, 0.4) is 0 Å². The minimum Gasteiger partial charge on any atom is -0.488 e. The van der Waals surface area contributed by atoms with Crippen LogP contribution in [0.1, 0.15) is 33.2 Å². The van der Waals surface area contributed by atoms with Crippen molar-refractivity contribution >= 4 is 11.8 Å². The summed E-state index contributed by atoms with van der Waals surface area (Å²) in [6.45, 7) is 0.289. The monoisotopic (exact) mass is 285 g/mol. The number of fused-ring (bicyclic) bond motifs is 2. The normalized spacial score (nSPS) is 14.4. The summed E-state index contributed by atoms with van der Waals surface area (Å²) in [5.74, 6) is -1.05. The number of ketones is 1. The lowest BCUT2D eigenvalue weighted by atomic mass is 9.97. The number of aliphatic carboxylic acids is 1. The van der Waals surface area contributed by atoms with E-state index in [1.165, 1.54) is 12.1 Å². The van der Waals surface area contributed by atoms with Gasteiger partial charge < -0.3 is 14.9 Å². The van der Waals surface area contributed by atoms with Gasteiger partial charge in [0, 0.05) is 16.7 Å². The molecule has 0 fully saturated rings. The van der Waals surface area contributed by atoms with Gasteiger partial charge in [0.1, 0.15) is 12.4 Å². The fourth-order valence-electron chi connectivity index (χ4n) is 2.34. The summed E-state index contributed by atoms with van der Waals surface area (Å²) in [7, 11) is 0. The topological polar surface area (TPSA) is 86.5 Å². The second-order valence-electron chi connectivity index (χ2n) is 4.80. The van der Waals surface area contributed by atoms with Crippen molar-refractivity contribution in [3.8, 4) is 5.75 Å². The quantitative estimate of drug-likeness (QED) is 0.850. The Balaban J connectivity index is 2.11. The van der Waals surface area contributed by atoms with Crippen LogP contribution in [0.25, 0.3) is 0 Å². The van der Waals surface area contributed by atoms with E-state index in [2.05, 4.69) is 0 Å². The molecule has 0 spiro atoms. The lowest BCUT2D eigenvalue weighted by Gasteiger charge is -2.08. The molecule has 0 bridgehead atoms. The molecule has 1 atom stereocenters. The Labute approximate surface area is 120 Å². The highest BCUT2D eigenvalue weighted by Crippen LogP contribution is 2.30. The number of hydrogen-bond donors (Lipinski definition) is 1. The number of hydrogen-bond acceptors (Lipinski definition) is 3. The zero-order chi connectivity index (χ0) is 15.0. The third-order valence-electron chi connectivity index (χ3n) is 3.47. The van der Waals surface area contributed by atoms with Crippen LogP contribution in [0.15, 0.2) is 42.5 Å². The Morgan fingerprint density at radius 3 is 2.71 bits per heavy atom. The minimum atomic E-state index is -1.42. The van der Waals surface area contributed by atoms with Gasteiger partial charge in [0.05, 0.1) is 5.56 Å². The summed E-state index contributed by atoms with van der Waals surface area (Å²) < 4.78 is 5.61. The molecule has 3 rings (SSSR count). The van der Waals surface area contributed by atoms with Crippen molar-refractivity contribution < 1.29 is 24.5 Å². The molecule has 21 heavy (non-hydrogen) atoms. The zero-order valence-corrected chi connectivity index (χ0v) is 11.0. The highest BCUT2D eigenvalue weighted by Gasteiger charge is 2.27. The standard InChI is InChI=1S/C16H12O5/c17-14(16(19)20)9-5-6-13-12(7-9)15(18)11-4-2-1-3-10(11)8-21-13/h1-7,14,17H,8H2,(H,19,20)/p+1. The molecule has 0 saturated heterocycles. The summed E-state index contributed by atoms with van der Waals surface area (Å²) in [6, 6.07) is 11.7. The van der Waals surface area contributed by atoms with Gasteiger partial charge in [-0.3, -0.25) is 4.79 Å². The molecule has 2 aromatic rings. The van der Waals surface area contributed by atoms with Crippen molar-refractivity contribution in [2.45, 2.75) is 12.7 Å². The second kappa shape index (κ2) is 5.03. The number of carboxylic acid groups (broad SMARTS) is 1. The summed E-state index contributed by atoms with van der Waals surface area (Å²) >= 11 is 0. The summed E-state index contributed by atoms with van der Waals surface area (Å²) in [5.41, 5.74) is 1.90. The van der Waals surface area contributed by atoms with Crippen LogP contribution in [0.4, 0.5) is 0 Å². The van der Waals surface area contributed by atoms with Gasteiger partial charge in [0.25, 0.3) is 6.10 Å². The summed E-state index contributed by atoms with van der Waals surface area (Å²) in [4.78, 5) is 23.5. The molecule has 1 unspecified atom stereocenters. The van der Waals surface area contributed by atoms with Gasteiger partial charge in [-0.25, -0.2) is 4.79 Å². The van der Waals surface area contributed by atoms with Crippen LogP contribution >= 0.6 is 0 Å². The molecule has 3 N–H and O–H groups in total. The molecule has 1 heterocycles. The number of carbonyl (C=O) groups is 2. The fourth-order valence-corrected chi connectivity index (χ4v) is 2.34. The Bertz CT molecular complexity index is 735. The molecule has 0 radical (unpaired) electrons. The van der Waals surface area contributed by atoms with Crippen LogP contribution in [0.2, 0.25) is 0 Å². The second-order valence-corrected chi connectivity index (χ2v) is 4.80. The molecular formula is C16H13O5+. The fraction of sp³-hybridized carbons (Fsp3) is 0.125. The molecule has 0 saturated carbocycles. The first-order valence-electron chi connectivity index (χ1n) is 6.41. The van der Waals surface area contributed by atoms with Gasteiger partial charge >= 0.3 is 5.97 Å². The van der Waals surface area contributed by atoms with Gasteiger partial charge in [0.15, 0.2) is 5.78 Å². The Hall–Kier alpha value is -2.66. The highest BCUT2D eigenvalue weighted by molar-refractivity contribution is 6.12. The summed E-state index contributed by atoms with van der Waals surface area (Å²) in [6.07, 6.45) is -1.42. The zero-order valence-electron chi connectivity index (χ0n) is 11.0. The lowest BCUT2D eigenvalue weighted by molar-refractivity contribution is -0.146. The molecule has 2 aromatic carbocycles. The van der Waals surface area contributed by atoms with Crippen LogP contribution in [-0.2, 0) is 11.4 Å². The first kappa shape index (κ1) is 13.3. The van der Waals surface area contributed by atoms with Crippen molar-refractivity contribution in [1.82, 2.24) is 0 Å². The lowest BCUT2D eigenvalue weighted by Crippen LogP contribution is -2.11. The van der Waals surface area contributed by atoms with Crippen LogP contribution in [0, 0.1) is 0 Å². The van der Waals surface area contributed by atoms with Gasteiger partial charge in [-0.2, -0.15) is 0 Å². The molecule has 0 amide bonds. The Morgan fingerprint density at radius 1 is 1.19 bits per heavy atom. The van der Waals surface area contributed by atoms with Crippen LogP contribution in [0.5, 0.6) is 5.75 Å². The van der Waals surface area contributed by atoms with Crippen molar-refractivity contribution in [3.05, 3.63) is 64.7 Å². The maximum atomic E-state index is 12.6. The van der Waals surface area contributed by atoms with Gasteiger partial charge in [-0.1, -0.05) is 24.3 Å². The van der Waals surface area contributed by atoms with Crippen molar-refractivity contribution in [1.29, 1.82) is 0 Å². The van der Waals surface area contributed by atoms with Crippen LogP contribution < -0.4 is 4.74 Å². The predicted octanol–water partition coefficient (Wildman–Crippen LogP) is 1.66. The first-order chi connectivity index (χ1) is 10.1. The van der Waals surface area contributed by atoms with Crippen LogP contribution in [-0.4, -0.2) is 22.0 Å². The average Bonchev–Trinajstić information content (AvgIpc) is 2.64. The molecule has 0 aliphatic carbocycles. The van der Waals surface area contributed by atoms with Gasteiger partial charge in [0.2, 0.25) is 0 Å².